The molecule has 0 spiro atoms. The highest BCUT2D eigenvalue weighted by molar-refractivity contribution is 5.80. The van der Waals surface area contributed by atoms with Crippen molar-refractivity contribution >= 4 is 10.9 Å². The van der Waals surface area contributed by atoms with Crippen LogP contribution in [0.15, 0.2) is 23.0 Å². The molecular weight excluding hydrogens is 272 g/mol. The van der Waals surface area contributed by atoms with Crippen LogP contribution < -0.4 is 10.3 Å². The van der Waals surface area contributed by atoms with Crippen molar-refractivity contribution in [3.8, 4) is 0 Å². The average Bonchev–Trinajstić information content (AvgIpc) is 2.52. The zero-order chi connectivity index (χ0) is 15.7. The SMILES string of the molecule is CC[C@H]1CCCC[NH+]1Cc1c(C)[nH]c2ccc(C)cc2c1=O. The van der Waals surface area contributed by atoms with Crippen molar-refractivity contribution in [2.24, 2.45) is 0 Å². The third-order valence-electron chi connectivity index (χ3n) is 5.24. The summed E-state index contributed by atoms with van der Waals surface area (Å²) in [6.07, 6.45) is 5.14. The molecule has 0 aliphatic carbocycles. The monoisotopic (exact) mass is 299 g/mol. The van der Waals surface area contributed by atoms with Crippen molar-refractivity contribution in [3.63, 3.8) is 0 Å². The number of likely N-dealkylation sites (tertiary alicyclic amines) is 1. The molecule has 22 heavy (non-hydrogen) atoms. The molecule has 1 fully saturated rings. The van der Waals surface area contributed by atoms with Gasteiger partial charge in [0, 0.05) is 16.6 Å². The number of hydrogen-bond donors (Lipinski definition) is 2. The van der Waals surface area contributed by atoms with E-state index >= 15 is 0 Å². The number of piperidine rings is 1. The molecule has 1 aromatic heterocycles. The summed E-state index contributed by atoms with van der Waals surface area (Å²) in [5.41, 5.74) is 4.34. The van der Waals surface area contributed by atoms with Gasteiger partial charge in [0.15, 0.2) is 5.43 Å². The Kier molecular flexibility index (Phi) is 4.34. The van der Waals surface area contributed by atoms with Gasteiger partial charge in [0.2, 0.25) is 0 Å². The van der Waals surface area contributed by atoms with E-state index in [1.54, 1.807) is 4.90 Å². The molecule has 1 saturated heterocycles. The first-order valence-electron chi connectivity index (χ1n) is 8.57. The van der Waals surface area contributed by atoms with Crippen LogP contribution in [0.25, 0.3) is 10.9 Å². The third-order valence-corrected chi connectivity index (χ3v) is 5.24. The lowest BCUT2D eigenvalue weighted by Gasteiger charge is -2.32. The van der Waals surface area contributed by atoms with Crippen molar-refractivity contribution < 1.29 is 4.90 Å². The standard InChI is InChI=1S/C19H26N2O/c1-4-15-7-5-6-10-21(15)12-17-14(3)20-18-9-8-13(2)11-16(18)19(17)22/h8-9,11,15H,4-7,10,12H2,1-3H3,(H,20,22)/p+1/t15-/m0/s1. The minimum absolute atomic E-state index is 0.225. The second-order valence-corrected chi connectivity index (χ2v) is 6.79. The number of aromatic amines is 1. The first-order chi connectivity index (χ1) is 10.6. The lowest BCUT2D eigenvalue weighted by molar-refractivity contribution is -0.944. The van der Waals surface area contributed by atoms with E-state index in [0.717, 1.165) is 34.3 Å². The van der Waals surface area contributed by atoms with Crippen LogP contribution in [0.5, 0.6) is 0 Å². The number of H-pyrrole nitrogens is 1. The van der Waals surface area contributed by atoms with Gasteiger partial charge in [0.25, 0.3) is 0 Å². The molecule has 0 bridgehead atoms. The Morgan fingerprint density at radius 3 is 2.86 bits per heavy atom. The van der Waals surface area contributed by atoms with Crippen LogP contribution in [0.4, 0.5) is 0 Å². The highest BCUT2D eigenvalue weighted by atomic mass is 16.1. The second-order valence-electron chi connectivity index (χ2n) is 6.79. The Hall–Kier alpha value is -1.61. The molecule has 1 unspecified atom stereocenters. The first kappa shape index (κ1) is 15.3. The maximum atomic E-state index is 12.9. The van der Waals surface area contributed by atoms with Gasteiger partial charge >= 0.3 is 0 Å². The molecule has 1 aliphatic heterocycles. The number of nitrogens with one attached hydrogen (secondary N) is 2. The molecule has 3 nitrogen and oxygen atoms in total. The van der Waals surface area contributed by atoms with Crippen LogP contribution in [0.2, 0.25) is 0 Å². The minimum Gasteiger partial charge on any atom is -0.358 e. The zero-order valence-corrected chi connectivity index (χ0v) is 14.0. The molecule has 2 atom stereocenters. The van der Waals surface area contributed by atoms with Crippen molar-refractivity contribution in [2.75, 3.05) is 6.54 Å². The fourth-order valence-corrected chi connectivity index (χ4v) is 3.88. The average molecular weight is 299 g/mol. The molecular formula is C19H27N2O+. The molecule has 0 radical (unpaired) electrons. The molecule has 0 saturated carbocycles. The van der Waals surface area contributed by atoms with E-state index in [0.29, 0.717) is 6.04 Å². The molecule has 1 aliphatic rings. The number of hydrogen-bond acceptors (Lipinski definition) is 1. The number of rotatable bonds is 3. The number of aromatic nitrogens is 1. The van der Waals surface area contributed by atoms with E-state index in [1.807, 2.05) is 26.0 Å². The Morgan fingerprint density at radius 1 is 1.27 bits per heavy atom. The van der Waals surface area contributed by atoms with Crippen LogP contribution in [0.1, 0.15) is 49.4 Å². The van der Waals surface area contributed by atoms with Crippen LogP contribution in [0, 0.1) is 13.8 Å². The summed E-state index contributed by atoms with van der Waals surface area (Å²) in [6.45, 7) is 8.42. The Balaban J connectivity index is 2.01. The van der Waals surface area contributed by atoms with Crippen LogP contribution in [0.3, 0.4) is 0 Å². The minimum atomic E-state index is 0.225. The predicted octanol–water partition coefficient (Wildman–Crippen LogP) is 2.49. The number of fused-ring (bicyclic) bond motifs is 1. The van der Waals surface area contributed by atoms with Gasteiger partial charge in [-0.3, -0.25) is 4.79 Å². The first-order valence-corrected chi connectivity index (χ1v) is 8.57. The fourth-order valence-electron chi connectivity index (χ4n) is 3.88. The van der Waals surface area contributed by atoms with Crippen molar-refractivity contribution in [1.82, 2.24) is 4.98 Å². The summed E-state index contributed by atoms with van der Waals surface area (Å²) in [7, 11) is 0. The number of benzene rings is 1. The smallest absolute Gasteiger partial charge is 0.198 e. The van der Waals surface area contributed by atoms with Crippen LogP contribution >= 0.6 is 0 Å². The Bertz CT molecular complexity index is 732. The predicted molar refractivity (Wildman–Crippen MR) is 91.5 cm³/mol. The normalized spacial score (nSPS) is 22.1. The van der Waals surface area contributed by atoms with Gasteiger partial charge in [-0.25, -0.2) is 0 Å². The Labute approximate surface area is 132 Å². The number of aryl methyl sites for hydroxylation is 2. The van der Waals surface area contributed by atoms with E-state index in [1.165, 1.54) is 32.2 Å². The molecule has 0 amide bonds. The summed E-state index contributed by atoms with van der Waals surface area (Å²) in [5, 5.41) is 0.838. The van der Waals surface area contributed by atoms with Crippen molar-refractivity contribution in [2.45, 2.75) is 59.0 Å². The second kappa shape index (κ2) is 6.25. The van der Waals surface area contributed by atoms with Crippen LogP contribution in [-0.2, 0) is 6.54 Å². The summed E-state index contributed by atoms with van der Waals surface area (Å²) >= 11 is 0. The highest BCUT2D eigenvalue weighted by Gasteiger charge is 2.26. The lowest BCUT2D eigenvalue weighted by atomic mass is 9.98. The lowest BCUT2D eigenvalue weighted by Crippen LogP contribution is -3.15. The van der Waals surface area contributed by atoms with E-state index in [-0.39, 0.29) is 5.43 Å². The van der Waals surface area contributed by atoms with Crippen LogP contribution in [-0.4, -0.2) is 17.6 Å². The van der Waals surface area contributed by atoms with E-state index < -0.39 is 0 Å². The maximum absolute atomic E-state index is 12.9. The number of pyridine rings is 1. The summed E-state index contributed by atoms with van der Waals surface area (Å²) < 4.78 is 0. The molecule has 2 N–H and O–H groups in total. The zero-order valence-electron chi connectivity index (χ0n) is 14.0. The highest BCUT2D eigenvalue weighted by Crippen LogP contribution is 2.13. The summed E-state index contributed by atoms with van der Waals surface area (Å²) in [4.78, 5) is 18.0. The molecule has 118 valence electrons. The van der Waals surface area contributed by atoms with E-state index in [9.17, 15) is 4.79 Å². The summed E-state index contributed by atoms with van der Waals surface area (Å²) in [5.74, 6) is 0. The molecule has 2 heterocycles. The van der Waals surface area contributed by atoms with E-state index in [4.69, 9.17) is 0 Å². The van der Waals surface area contributed by atoms with Gasteiger partial charge < -0.3 is 9.88 Å². The maximum Gasteiger partial charge on any atom is 0.198 e. The fraction of sp³-hybridized carbons (Fsp3) is 0.526. The van der Waals surface area contributed by atoms with Crippen molar-refractivity contribution in [3.05, 3.63) is 45.2 Å². The number of quaternary nitrogens is 1. The molecule has 1 aromatic carbocycles. The quantitative estimate of drug-likeness (QED) is 0.898. The summed E-state index contributed by atoms with van der Waals surface area (Å²) in [6, 6.07) is 6.80. The molecule has 2 aromatic rings. The third kappa shape index (κ3) is 2.82. The van der Waals surface area contributed by atoms with Gasteiger partial charge in [0.05, 0.1) is 18.2 Å². The topological polar surface area (TPSA) is 37.3 Å². The largest absolute Gasteiger partial charge is 0.358 e. The van der Waals surface area contributed by atoms with Crippen molar-refractivity contribution in [1.29, 1.82) is 0 Å². The van der Waals surface area contributed by atoms with Gasteiger partial charge in [-0.05, 0) is 51.7 Å². The Morgan fingerprint density at radius 2 is 2.09 bits per heavy atom. The van der Waals surface area contributed by atoms with Gasteiger partial charge in [-0.2, -0.15) is 0 Å². The van der Waals surface area contributed by atoms with Gasteiger partial charge in [-0.15, -0.1) is 0 Å². The molecule has 3 heteroatoms. The van der Waals surface area contributed by atoms with Gasteiger partial charge in [0.1, 0.15) is 6.54 Å². The van der Waals surface area contributed by atoms with E-state index in [2.05, 4.69) is 18.0 Å². The molecule has 3 rings (SSSR count). The van der Waals surface area contributed by atoms with Gasteiger partial charge in [-0.1, -0.05) is 18.6 Å².